The number of hydrogen-bond acceptors (Lipinski definition) is 4. The summed E-state index contributed by atoms with van der Waals surface area (Å²) in [5.74, 6) is -0.706. The Hall–Kier alpha value is -2.22. The zero-order valence-corrected chi connectivity index (χ0v) is 15.9. The highest BCUT2D eigenvalue weighted by molar-refractivity contribution is 6.09. The van der Waals surface area contributed by atoms with Gasteiger partial charge < -0.3 is 9.47 Å². The number of alkyl halides is 3. The number of hydrogen-bond donors (Lipinski definition) is 0. The number of carbonyl (C=O) groups excluding carboxylic acids is 1. The van der Waals surface area contributed by atoms with Gasteiger partial charge in [0.05, 0.1) is 18.8 Å². The van der Waals surface area contributed by atoms with Crippen molar-refractivity contribution in [1.82, 2.24) is 4.90 Å². The molecule has 0 unspecified atom stereocenters. The topological polar surface area (TPSA) is 38.8 Å². The van der Waals surface area contributed by atoms with E-state index in [2.05, 4.69) is 4.90 Å². The summed E-state index contributed by atoms with van der Waals surface area (Å²) in [5, 5.41) is 0. The average Bonchev–Trinajstić information content (AvgIpc) is 3.17. The minimum Gasteiger partial charge on any atom is -0.347 e. The van der Waals surface area contributed by atoms with Gasteiger partial charge in [0, 0.05) is 43.6 Å². The maximum atomic E-state index is 12.7. The summed E-state index contributed by atoms with van der Waals surface area (Å²) in [4.78, 5) is 15.0. The molecule has 1 spiro atoms. The standard InChI is InChI=1S/C22H22F3NO3/c23-22(24,25)19-6-4-17(5-7-19)20(27)18-3-1-2-16(14-18)15-26-10-8-21(9-11-26)28-12-13-29-21/h1-7,14H,8-13,15H2. The molecule has 2 aliphatic heterocycles. The first-order valence-electron chi connectivity index (χ1n) is 9.66. The summed E-state index contributed by atoms with van der Waals surface area (Å²) in [5.41, 5.74) is 0.941. The Morgan fingerprint density at radius 3 is 2.24 bits per heavy atom. The third kappa shape index (κ3) is 4.52. The number of rotatable bonds is 4. The molecule has 29 heavy (non-hydrogen) atoms. The van der Waals surface area contributed by atoms with Gasteiger partial charge in [-0.1, -0.05) is 30.3 Å². The second-order valence-corrected chi connectivity index (χ2v) is 7.49. The van der Waals surface area contributed by atoms with Crippen molar-refractivity contribution in [1.29, 1.82) is 0 Å². The van der Waals surface area contributed by atoms with E-state index in [9.17, 15) is 18.0 Å². The van der Waals surface area contributed by atoms with Crippen molar-refractivity contribution in [2.75, 3.05) is 26.3 Å². The molecule has 2 aromatic rings. The highest BCUT2D eigenvalue weighted by Gasteiger charge is 2.39. The van der Waals surface area contributed by atoms with Crippen molar-refractivity contribution in [3.8, 4) is 0 Å². The van der Waals surface area contributed by atoms with Gasteiger partial charge >= 0.3 is 6.18 Å². The Morgan fingerprint density at radius 2 is 1.62 bits per heavy atom. The highest BCUT2D eigenvalue weighted by atomic mass is 19.4. The van der Waals surface area contributed by atoms with E-state index in [1.165, 1.54) is 12.1 Å². The Morgan fingerprint density at radius 1 is 0.966 bits per heavy atom. The van der Waals surface area contributed by atoms with Gasteiger partial charge in [-0.25, -0.2) is 0 Å². The summed E-state index contributed by atoms with van der Waals surface area (Å²) in [7, 11) is 0. The lowest BCUT2D eigenvalue weighted by Crippen LogP contribution is -2.44. The summed E-state index contributed by atoms with van der Waals surface area (Å²) in [6.45, 7) is 3.68. The summed E-state index contributed by atoms with van der Waals surface area (Å²) in [6.07, 6.45) is -2.78. The number of likely N-dealkylation sites (tertiary alicyclic amines) is 1. The van der Waals surface area contributed by atoms with E-state index in [4.69, 9.17) is 9.47 Å². The molecule has 4 rings (SSSR count). The molecule has 2 saturated heterocycles. The third-order valence-electron chi connectivity index (χ3n) is 5.50. The van der Waals surface area contributed by atoms with Crippen molar-refractivity contribution in [3.63, 3.8) is 0 Å². The van der Waals surface area contributed by atoms with Crippen LogP contribution in [0.3, 0.4) is 0 Å². The van der Waals surface area contributed by atoms with Crippen LogP contribution in [-0.2, 0) is 22.2 Å². The number of benzene rings is 2. The first kappa shape index (κ1) is 20.1. The van der Waals surface area contributed by atoms with Crippen molar-refractivity contribution in [2.45, 2.75) is 31.3 Å². The molecule has 0 aliphatic carbocycles. The summed E-state index contributed by atoms with van der Waals surface area (Å²) < 4.78 is 49.6. The Balaban J connectivity index is 1.41. The quantitative estimate of drug-likeness (QED) is 0.712. The zero-order valence-electron chi connectivity index (χ0n) is 15.9. The van der Waals surface area contributed by atoms with Gasteiger partial charge in [-0.3, -0.25) is 9.69 Å². The second-order valence-electron chi connectivity index (χ2n) is 7.49. The van der Waals surface area contributed by atoms with Crippen LogP contribution in [0.1, 0.15) is 39.9 Å². The van der Waals surface area contributed by atoms with Crippen LogP contribution in [-0.4, -0.2) is 42.8 Å². The molecular weight excluding hydrogens is 383 g/mol. The van der Waals surface area contributed by atoms with Crippen LogP contribution in [0.2, 0.25) is 0 Å². The van der Waals surface area contributed by atoms with Gasteiger partial charge in [0.15, 0.2) is 11.6 Å². The molecule has 2 aliphatic rings. The fourth-order valence-corrected chi connectivity index (χ4v) is 3.88. The van der Waals surface area contributed by atoms with Crippen LogP contribution in [0.25, 0.3) is 0 Å². The molecule has 2 fully saturated rings. The molecule has 2 aromatic carbocycles. The molecule has 0 aromatic heterocycles. The Labute approximate surface area is 167 Å². The molecule has 154 valence electrons. The summed E-state index contributed by atoms with van der Waals surface area (Å²) >= 11 is 0. The normalized spacial score (nSPS) is 19.6. The third-order valence-corrected chi connectivity index (χ3v) is 5.50. The van der Waals surface area contributed by atoms with Crippen LogP contribution in [0.4, 0.5) is 13.2 Å². The second kappa shape index (κ2) is 7.89. The maximum Gasteiger partial charge on any atom is 0.416 e. The minimum atomic E-state index is -4.41. The lowest BCUT2D eigenvalue weighted by atomic mass is 9.99. The predicted molar refractivity (Wildman–Crippen MR) is 100 cm³/mol. The number of nitrogens with zero attached hydrogens (tertiary/aromatic N) is 1. The predicted octanol–water partition coefficient (Wildman–Crippen LogP) is 4.28. The van der Waals surface area contributed by atoms with E-state index >= 15 is 0 Å². The van der Waals surface area contributed by atoms with E-state index in [0.29, 0.717) is 25.3 Å². The molecule has 2 heterocycles. The molecule has 4 nitrogen and oxygen atoms in total. The fourth-order valence-electron chi connectivity index (χ4n) is 3.88. The lowest BCUT2D eigenvalue weighted by molar-refractivity contribution is -0.185. The van der Waals surface area contributed by atoms with Gasteiger partial charge in [0.1, 0.15) is 0 Å². The van der Waals surface area contributed by atoms with Crippen LogP contribution in [0.15, 0.2) is 48.5 Å². The SMILES string of the molecule is O=C(c1ccc(C(F)(F)F)cc1)c1cccc(CN2CCC3(CC2)OCCO3)c1. The van der Waals surface area contributed by atoms with Crippen molar-refractivity contribution >= 4 is 5.78 Å². The van der Waals surface area contributed by atoms with Gasteiger partial charge in [0.25, 0.3) is 0 Å². The van der Waals surface area contributed by atoms with Crippen molar-refractivity contribution in [3.05, 3.63) is 70.8 Å². The number of ether oxygens (including phenoxy) is 2. The van der Waals surface area contributed by atoms with E-state index in [-0.39, 0.29) is 11.3 Å². The van der Waals surface area contributed by atoms with Crippen LogP contribution < -0.4 is 0 Å². The first-order chi connectivity index (χ1) is 13.8. The van der Waals surface area contributed by atoms with Crippen LogP contribution >= 0.6 is 0 Å². The Kier molecular flexibility index (Phi) is 5.46. The first-order valence-corrected chi connectivity index (χ1v) is 9.66. The molecule has 0 saturated carbocycles. The molecule has 0 bridgehead atoms. The zero-order chi connectivity index (χ0) is 20.5. The number of carbonyl (C=O) groups is 1. The van der Waals surface area contributed by atoms with E-state index < -0.39 is 17.5 Å². The smallest absolute Gasteiger partial charge is 0.347 e. The van der Waals surface area contributed by atoms with Gasteiger partial charge in [0.2, 0.25) is 0 Å². The monoisotopic (exact) mass is 405 g/mol. The van der Waals surface area contributed by atoms with Gasteiger partial charge in [-0.2, -0.15) is 13.2 Å². The summed E-state index contributed by atoms with van der Waals surface area (Å²) in [6, 6.07) is 11.6. The molecule has 0 amide bonds. The van der Waals surface area contributed by atoms with Crippen molar-refractivity contribution < 1.29 is 27.4 Å². The van der Waals surface area contributed by atoms with Gasteiger partial charge in [-0.15, -0.1) is 0 Å². The molecule has 0 atom stereocenters. The molecule has 0 N–H and O–H groups in total. The lowest BCUT2D eigenvalue weighted by Gasteiger charge is -2.37. The van der Waals surface area contributed by atoms with E-state index in [1.807, 2.05) is 12.1 Å². The molecule has 7 heteroatoms. The number of ketones is 1. The number of piperidine rings is 1. The van der Waals surface area contributed by atoms with E-state index in [1.54, 1.807) is 12.1 Å². The Bertz CT molecular complexity index is 864. The average molecular weight is 405 g/mol. The molecular formula is C22H22F3NO3. The van der Waals surface area contributed by atoms with Crippen molar-refractivity contribution in [2.24, 2.45) is 0 Å². The van der Waals surface area contributed by atoms with Gasteiger partial charge in [-0.05, 0) is 23.8 Å². The highest BCUT2D eigenvalue weighted by Crippen LogP contribution is 2.32. The molecule has 0 radical (unpaired) electrons. The van der Waals surface area contributed by atoms with Crippen LogP contribution in [0.5, 0.6) is 0 Å². The van der Waals surface area contributed by atoms with E-state index in [0.717, 1.165) is 43.6 Å². The maximum absolute atomic E-state index is 12.7. The fraction of sp³-hybridized carbons (Fsp3) is 0.409. The number of halogens is 3. The van der Waals surface area contributed by atoms with Crippen LogP contribution in [0, 0.1) is 0 Å². The minimum absolute atomic E-state index is 0.241. The largest absolute Gasteiger partial charge is 0.416 e.